The molecule has 8 heteroatoms. The fraction of sp³-hybridized carbons (Fsp3) is 0.478. The molecule has 0 fully saturated rings. The van der Waals surface area contributed by atoms with Gasteiger partial charge in [-0.3, -0.25) is 19.1 Å². The maximum absolute atomic E-state index is 13.1. The number of carbonyl (C=O) groups is 2. The number of benzene rings is 1. The van der Waals surface area contributed by atoms with E-state index in [1.165, 1.54) is 4.57 Å². The van der Waals surface area contributed by atoms with Crippen molar-refractivity contribution in [2.24, 2.45) is 5.92 Å². The minimum absolute atomic E-state index is 0.0642. The van der Waals surface area contributed by atoms with Crippen LogP contribution >= 0.6 is 0 Å². The molecular formula is C23H26B3N3O2. The normalized spacial score (nSPS) is 20.5. The van der Waals surface area contributed by atoms with Crippen LogP contribution in [0.15, 0.2) is 12.1 Å². The van der Waals surface area contributed by atoms with E-state index in [0.717, 1.165) is 22.1 Å². The maximum Gasteiger partial charge on any atom is 0.230 e. The van der Waals surface area contributed by atoms with Gasteiger partial charge in [-0.1, -0.05) is 24.5 Å². The molecule has 1 aliphatic heterocycles. The van der Waals surface area contributed by atoms with Gasteiger partial charge in [0.2, 0.25) is 11.8 Å². The molecule has 2 heterocycles. The first kappa shape index (κ1) is 22.0. The first-order valence-electron chi connectivity index (χ1n) is 11.0. The van der Waals surface area contributed by atoms with Crippen molar-refractivity contribution in [2.45, 2.75) is 39.7 Å². The van der Waals surface area contributed by atoms with Gasteiger partial charge >= 0.3 is 0 Å². The van der Waals surface area contributed by atoms with Gasteiger partial charge in [0, 0.05) is 43.0 Å². The topological polar surface area (TPSA) is 45.6 Å². The second-order valence-corrected chi connectivity index (χ2v) is 8.50. The van der Waals surface area contributed by atoms with Crippen LogP contribution in [0.1, 0.15) is 43.1 Å². The van der Waals surface area contributed by atoms with Crippen LogP contribution in [0, 0.1) is 5.92 Å². The molecule has 2 aliphatic rings. The molecule has 0 spiro atoms. The largest absolute Gasteiger partial charge is 0.343 e. The Kier molecular flexibility index (Phi) is 5.71. The molecule has 0 saturated carbocycles. The third kappa shape index (κ3) is 3.22. The molecule has 2 aromatic rings. The van der Waals surface area contributed by atoms with E-state index in [-0.39, 0.29) is 23.8 Å². The number of hydrogen-bond donors (Lipinski definition) is 0. The molecule has 0 bridgehead atoms. The summed E-state index contributed by atoms with van der Waals surface area (Å²) in [4.78, 5) is 29.9. The molecular weight excluding hydrogens is 383 g/mol. The first-order chi connectivity index (χ1) is 14.7. The molecule has 4 rings (SSSR count). The van der Waals surface area contributed by atoms with Gasteiger partial charge in [0.05, 0.1) is 5.92 Å². The SMILES string of the molecule is [B]c1cc2c3c(c([B])n(C(=O)CC)c3c1[B])CC1C2=CC(C(=O)N(CC)CC)CN1C. The Morgan fingerprint density at radius 1 is 1.16 bits per heavy atom. The number of carbonyl (C=O) groups excluding carboxylic acids is 2. The van der Waals surface area contributed by atoms with Gasteiger partial charge in [-0.15, -0.1) is 5.46 Å². The lowest BCUT2D eigenvalue weighted by atomic mass is 9.72. The third-order valence-electron chi connectivity index (χ3n) is 6.86. The highest BCUT2D eigenvalue weighted by Gasteiger charge is 2.38. The van der Waals surface area contributed by atoms with Gasteiger partial charge in [0.1, 0.15) is 23.5 Å². The molecule has 5 nitrogen and oxygen atoms in total. The first-order valence-corrected chi connectivity index (χ1v) is 11.0. The van der Waals surface area contributed by atoms with Gasteiger partial charge < -0.3 is 4.90 Å². The lowest BCUT2D eigenvalue weighted by molar-refractivity contribution is -0.134. The average molecular weight is 409 g/mol. The molecule has 1 aromatic carbocycles. The van der Waals surface area contributed by atoms with Crippen molar-refractivity contribution < 1.29 is 9.59 Å². The number of aromatic nitrogens is 1. The molecule has 6 radical (unpaired) electrons. The summed E-state index contributed by atoms with van der Waals surface area (Å²) in [5.74, 6) is -0.214. The summed E-state index contributed by atoms with van der Waals surface area (Å²) in [5.41, 5.74) is 4.73. The second-order valence-electron chi connectivity index (χ2n) is 8.50. The minimum atomic E-state index is -0.233. The number of nitrogens with zero attached hydrogens (tertiary/aromatic N) is 3. The Morgan fingerprint density at radius 3 is 2.45 bits per heavy atom. The number of rotatable bonds is 4. The van der Waals surface area contributed by atoms with Crippen molar-refractivity contribution >= 4 is 68.3 Å². The standard InChI is InChI=1S/C23H26B3N3O2/c1-5-18(30)29-21-19-14(9-16(24)20(21)25)13-8-12(23(31)28(6-2)7-3)11-27(4)17(13)10-15(19)22(29)26/h8-9,12,17H,5-7,10-11H2,1-4H3. The van der Waals surface area contributed by atoms with Crippen LogP contribution in [0.5, 0.6) is 0 Å². The zero-order valence-corrected chi connectivity index (χ0v) is 18.7. The fourth-order valence-corrected chi connectivity index (χ4v) is 5.18. The van der Waals surface area contributed by atoms with E-state index >= 15 is 0 Å². The Morgan fingerprint density at radius 2 is 1.84 bits per heavy atom. The van der Waals surface area contributed by atoms with Crippen molar-refractivity contribution in [2.75, 3.05) is 26.7 Å². The van der Waals surface area contributed by atoms with Crippen LogP contribution in [0.4, 0.5) is 0 Å². The van der Waals surface area contributed by atoms with E-state index in [2.05, 4.69) is 11.0 Å². The van der Waals surface area contributed by atoms with E-state index in [1.54, 1.807) is 6.92 Å². The molecule has 1 aliphatic carbocycles. The van der Waals surface area contributed by atoms with Crippen molar-refractivity contribution in [3.8, 4) is 0 Å². The van der Waals surface area contributed by atoms with Crippen molar-refractivity contribution in [3.63, 3.8) is 0 Å². The average Bonchev–Trinajstić information content (AvgIpc) is 3.05. The second kappa shape index (κ2) is 8.05. The molecule has 0 saturated heterocycles. The zero-order chi connectivity index (χ0) is 22.6. The van der Waals surface area contributed by atoms with E-state index < -0.39 is 0 Å². The van der Waals surface area contributed by atoms with E-state index in [0.29, 0.717) is 54.5 Å². The predicted octanol–water partition coefficient (Wildman–Crippen LogP) is -0.189. The van der Waals surface area contributed by atoms with Crippen LogP contribution in [0.25, 0.3) is 16.5 Å². The molecule has 1 amide bonds. The maximum atomic E-state index is 13.1. The summed E-state index contributed by atoms with van der Waals surface area (Å²) in [5, 5.41) is 0.887. The summed E-state index contributed by atoms with van der Waals surface area (Å²) < 4.78 is 1.52. The van der Waals surface area contributed by atoms with Crippen LogP contribution in [0.3, 0.4) is 0 Å². The smallest absolute Gasteiger partial charge is 0.230 e. The van der Waals surface area contributed by atoms with Crippen LogP contribution < -0.4 is 16.5 Å². The van der Waals surface area contributed by atoms with Gasteiger partial charge in [-0.25, -0.2) is 0 Å². The number of fused-ring (bicyclic) bond motifs is 2. The van der Waals surface area contributed by atoms with Gasteiger partial charge in [0.25, 0.3) is 0 Å². The van der Waals surface area contributed by atoms with Gasteiger partial charge in [-0.05, 0) is 49.6 Å². The quantitative estimate of drug-likeness (QED) is 0.659. The van der Waals surface area contributed by atoms with E-state index in [4.69, 9.17) is 23.5 Å². The zero-order valence-electron chi connectivity index (χ0n) is 18.7. The monoisotopic (exact) mass is 409 g/mol. The summed E-state index contributed by atoms with van der Waals surface area (Å²) in [6, 6.07) is 1.94. The van der Waals surface area contributed by atoms with Crippen LogP contribution in [0.2, 0.25) is 0 Å². The third-order valence-corrected chi connectivity index (χ3v) is 6.86. The van der Waals surface area contributed by atoms with Crippen molar-refractivity contribution in [1.82, 2.24) is 14.4 Å². The summed E-state index contributed by atoms with van der Waals surface area (Å²) >= 11 is 0. The Labute approximate surface area is 188 Å². The van der Waals surface area contributed by atoms with Crippen molar-refractivity contribution in [1.29, 1.82) is 0 Å². The molecule has 154 valence electrons. The van der Waals surface area contributed by atoms with Gasteiger partial charge in [-0.2, -0.15) is 0 Å². The lowest BCUT2D eigenvalue weighted by Gasteiger charge is -2.40. The summed E-state index contributed by atoms with van der Waals surface area (Å²) in [6.45, 7) is 7.80. The molecule has 2 unspecified atom stereocenters. The minimum Gasteiger partial charge on any atom is -0.343 e. The Balaban J connectivity index is 1.97. The predicted molar refractivity (Wildman–Crippen MR) is 129 cm³/mol. The highest BCUT2D eigenvalue weighted by Crippen LogP contribution is 2.40. The Bertz CT molecular complexity index is 1120. The number of likely N-dealkylation sites (N-methyl/N-ethyl adjacent to an activating group) is 1. The summed E-state index contributed by atoms with van der Waals surface area (Å²) in [6.07, 6.45) is 3.06. The highest BCUT2D eigenvalue weighted by atomic mass is 16.2. The number of amides is 1. The number of hydrogen-bond acceptors (Lipinski definition) is 3. The van der Waals surface area contributed by atoms with E-state index in [1.807, 2.05) is 31.9 Å². The highest BCUT2D eigenvalue weighted by molar-refractivity contribution is 6.54. The lowest BCUT2D eigenvalue weighted by Crippen LogP contribution is -2.48. The molecule has 1 aromatic heterocycles. The molecule has 31 heavy (non-hydrogen) atoms. The van der Waals surface area contributed by atoms with Crippen LogP contribution in [-0.4, -0.2) is 82.4 Å². The summed E-state index contributed by atoms with van der Waals surface area (Å²) in [7, 11) is 21.2. The van der Waals surface area contributed by atoms with Crippen LogP contribution in [-0.2, 0) is 11.2 Å². The van der Waals surface area contributed by atoms with Crippen molar-refractivity contribution in [3.05, 3.63) is 23.3 Å². The Hall–Kier alpha value is -2.21. The van der Waals surface area contributed by atoms with E-state index in [9.17, 15) is 9.59 Å². The fourth-order valence-electron chi connectivity index (χ4n) is 5.18. The molecule has 0 N–H and O–H groups in total. The van der Waals surface area contributed by atoms with Gasteiger partial charge in [0.15, 0.2) is 0 Å². The molecule has 2 atom stereocenters.